The van der Waals surface area contributed by atoms with Gasteiger partial charge in [-0.2, -0.15) is 5.10 Å². The van der Waals surface area contributed by atoms with E-state index in [0.29, 0.717) is 5.69 Å². The molecule has 5 nitrogen and oxygen atoms in total. The van der Waals surface area contributed by atoms with E-state index in [1.165, 1.54) is 0 Å². The first-order chi connectivity index (χ1) is 8.63. The molecule has 18 heavy (non-hydrogen) atoms. The van der Waals surface area contributed by atoms with Crippen LogP contribution in [0, 0.1) is 0 Å². The smallest absolute Gasteiger partial charge is 0.121 e. The lowest BCUT2D eigenvalue weighted by molar-refractivity contribution is 0.415. The maximum atomic E-state index is 5.97. The normalized spacial score (nSPS) is 10.4. The highest BCUT2D eigenvalue weighted by atomic mass is 16.5. The van der Waals surface area contributed by atoms with Gasteiger partial charge in [-0.05, 0) is 18.6 Å². The van der Waals surface area contributed by atoms with Gasteiger partial charge in [0, 0.05) is 19.3 Å². The number of aromatic nitrogens is 2. The summed E-state index contributed by atoms with van der Waals surface area (Å²) in [4.78, 5) is 0. The number of hydrogen-bond donors (Lipinski definition) is 2. The summed E-state index contributed by atoms with van der Waals surface area (Å²) < 4.78 is 6.92. The van der Waals surface area contributed by atoms with Gasteiger partial charge in [-0.25, -0.2) is 0 Å². The Morgan fingerprint density at radius 3 is 2.78 bits per heavy atom. The number of nitrogens with one attached hydrogen (secondary N) is 1. The molecule has 0 aliphatic carbocycles. The Morgan fingerprint density at radius 2 is 2.17 bits per heavy atom. The van der Waals surface area contributed by atoms with E-state index in [-0.39, 0.29) is 0 Å². The zero-order chi connectivity index (χ0) is 13.1. The average molecular weight is 246 g/mol. The summed E-state index contributed by atoms with van der Waals surface area (Å²) in [5.74, 6) is 0.750. The number of nitrogen functional groups attached to an aromatic ring is 1. The largest absolute Gasteiger partial charge is 0.497 e. The predicted molar refractivity (Wildman–Crippen MR) is 73.3 cm³/mol. The Labute approximate surface area is 107 Å². The van der Waals surface area contributed by atoms with Crippen LogP contribution in [0.1, 0.15) is 12.6 Å². The fourth-order valence-corrected chi connectivity index (χ4v) is 1.83. The molecule has 0 unspecified atom stereocenters. The van der Waals surface area contributed by atoms with Crippen LogP contribution in [0.3, 0.4) is 0 Å². The van der Waals surface area contributed by atoms with Crippen molar-refractivity contribution in [2.24, 2.45) is 7.05 Å². The van der Waals surface area contributed by atoms with Gasteiger partial charge in [0.05, 0.1) is 29.9 Å². The third-order valence-electron chi connectivity index (χ3n) is 2.77. The predicted octanol–water partition coefficient (Wildman–Crippen LogP) is 2.32. The highest BCUT2D eigenvalue weighted by Crippen LogP contribution is 2.28. The van der Waals surface area contributed by atoms with Crippen LogP contribution >= 0.6 is 0 Å². The molecule has 2 rings (SSSR count). The lowest BCUT2D eigenvalue weighted by Crippen LogP contribution is -1.98. The Hall–Kier alpha value is -2.17. The first kappa shape index (κ1) is 12.3. The number of ether oxygens (including phenoxy) is 1. The fourth-order valence-electron chi connectivity index (χ4n) is 1.83. The van der Waals surface area contributed by atoms with Gasteiger partial charge in [0.15, 0.2) is 0 Å². The van der Waals surface area contributed by atoms with Crippen molar-refractivity contribution in [2.45, 2.75) is 13.3 Å². The van der Waals surface area contributed by atoms with Crippen LogP contribution in [-0.2, 0) is 13.5 Å². The van der Waals surface area contributed by atoms with Crippen molar-refractivity contribution in [3.63, 3.8) is 0 Å². The van der Waals surface area contributed by atoms with E-state index in [1.807, 2.05) is 25.4 Å². The Morgan fingerprint density at radius 1 is 1.39 bits per heavy atom. The van der Waals surface area contributed by atoms with Gasteiger partial charge in [-0.15, -0.1) is 0 Å². The van der Waals surface area contributed by atoms with Gasteiger partial charge >= 0.3 is 0 Å². The van der Waals surface area contributed by atoms with Crippen molar-refractivity contribution >= 4 is 17.1 Å². The van der Waals surface area contributed by atoms with Crippen LogP contribution in [-0.4, -0.2) is 16.9 Å². The number of nitrogens with zero attached hydrogens (tertiary/aromatic N) is 2. The molecule has 0 saturated carbocycles. The quantitative estimate of drug-likeness (QED) is 0.812. The van der Waals surface area contributed by atoms with Gasteiger partial charge in [0.2, 0.25) is 0 Å². The van der Waals surface area contributed by atoms with E-state index in [2.05, 4.69) is 17.3 Å². The van der Waals surface area contributed by atoms with Gasteiger partial charge in [0.25, 0.3) is 0 Å². The number of rotatable bonds is 4. The summed E-state index contributed by atoms with van der Waals surface area (Å²) in [7, 11) is 3.53. The van der Waals surface area contributed by atoms with Gasteiger partial charge in [0.1, 0.15) is 5.75 Å². The summed E-state index contributed by atoms with van der Waals surface area (Å²) in [5, 5.41) is 7.68. The molecule has 1 heterocycles. The molecule has 3 N–H and O–H groups in total. The molecule has 0 fully saturated rings. The first-order valence-electron chi connectivity index (χ1n) is 5.87. The summed E-state index contributed by atoms with van der Waals surface area (Å²) in [5.41, 5.74) is 9.49. The maximum absolute atomic E-state index is 5.97. The van der Waals surface area contributed by atoms with E-state index in [1.54, 1.807) is 17.9 Å². The summed E-state index contributed by atoms with van der Waals surface area (Å²) >= 11 is 0. The molecular formula is C13H18N4O. The molecule has 1 aromatic carbocycles. The topological polar surface area (TPSA) is 65.1 Å². The van der Waals surface area contributed by atoms with Crippen LogP contribution in [0.4, 0.5) is 17.1 Å². The number of nitrogens with two attached hydrogens (primary N) is 1. The van der Waals surface area contributed by atoms with Gasteiger partial charge < -0.3 is 15.8 Å². The van der Waals surface area contributed by atoms with E-state index in [4.69, 9.17) is 10.5 Å². The summed E-state index contributed by atoms with van der Waals surface area (Å²) in [6.07, 6.45) is 2.82. The summed E-state index contributed by atoms with van der Waals surface area (Å²) in [6.45, 7) is 2.07. The number of aryl methyl sites for hydroxylation is 2. The van der Waals surface area contributed by atoms with E-state index < -0.39 is 0 Å². The molecule has 0 bridgehead atoms. The maximum Gasteiger partial charge on any atom is 0.121 e. The summed E-state index contributed by atoms with van der Waals surface area (Å²) in [6, 6.07) is 5.58. The number of methoxy groups -OCH3 is 1. The monoisotopic (exact) mass is 246 g/mol. The lowest BCUT2D eigenvalue weighted by Gasteiger charge is -2.10. The van der Waals surface area contributed by atoms with E-state index in [0.717, 1.165) is 29.2 Å². The minimum Gasteiger partial charge on any atom is -0.497 e. The minimum atomic E-state index is 0.653. The molecule has 2 aromatic rings. The number of benzene rings is 1. The average Bonchev–Trinajstić information content (AvgIpc) is 2.72. The lowest BCUT2D eigenvalue weighted by atomic mass is 10.2. The van der Waals surface area contributed by atoms with Crippen molar-refractivity contribution in [1.29, 1.82) is 0 Å². The third kappa shape index (κ3) is 2.40. The molecule has 0 aliphatic heterocycles. The van der Waals surface area contributed by atoms with Crippen LogP contribution in [0.2, 0.25) is 0 Å². The molecule has 0 atom stereocenters. The Bertz CT molecular complexity index is 548. The highest BCUT2D eigenvalue weighted by molar-refractivity contribution is 5.74. The second-order valence-corrected chi connectivity index (χ2v) is 4.09. The Kier molecular flexibility index (Phi) is 3.41. The number of hydrogen-bond acceptors (Lipinski definition) is 4. The van der Waals surface area contributed by atoms with Crippen LogP contribution in [0.5, 0.6) is 5.75 Å². The van der Waals surface area contributed by atoms with E-state index >= 15 is 0 Å². The zero-order valence-corrected chi connectivity index (χ0v) is 10.9. The van der Waals surface area contributed by atoms with Crippen molar-refractivity contribution in [3.8, 4) is 5.75 Å². The second-order valence-electron chi connectivity index (χ2n) is 4.09. The molecule has 1 aromatic heterocycles. The van der Waals surface area contributed by atoms with Crippen LogP contribution in [0.15, 0.2) is 24.4 Å². The fraction of sp³-hybridized carbons (Fsp3) is 0.308. The van der Waals surface area contributed by atoms with Crippen LogP contribution < -0.4 is 15.8 Å². The van der Waals surface area contributed by atoms with Gasteiger partial charge in [-0.3, -0.25) is 4.68 Å². The molecule has 0 aliphatic rings. The van der Waals surface area contributed by atoms with Crippen molar-refractivity contribution < 1.29 is 4.74 Å². The zero-order valence-electron chi connectivity index (χ0n) is 10.9. The second kappa shape index (κ2) is 5.00. The molecule has 0 amide bonds. The van der Waals surface area contributed by atoms with Crippen molar-refractivity contribution in [1.82, 2.24) is 9.78 Å². The van der Waals surface area contributed by atoms with Gasteiger partial charge in [-0.1, -0.05) is 6.92 Å². The number of anilines is 3. The molecule has 5 heteroatoms. The highest BCUT2D eigenvalue weighted by Gasteiger charge is 2.08. The molecule has 96 valence electrons. The Balaban J connectivity index is 2.28. The molecule has 0 radical (unpaired) electrons. The van der Waals surface area contributed by atoms with Crippen LogP contribution in [0.25, 0.3) is 0 Å². The van der Waals surface area contributed by atoms with E-state index in [9.17, 15) is 0 Å². The van der Waals surface area contributed by atoms with Crippen molar-refractivity contribution in [3.05, 3.63) is 30.1 Å². The SMILES string of the molecule is CCc1nn(C)cc1Nc1ccc(OC)cc1N. The van der Waals surface area contributed by atoms with Crippen molar-refractivity contribution in [2.75, 3.05) is 18.2 Å². The molecule has 0 saturated heterocycles. The molecular weight excluding hydrogens is 228 g/mol. The third-order valence-corrected chi connectivity index (χ3v) is 2.77. The molecule has 0 spiro atoms. The standard InChI is InChI=1S/C13H18N4O/c1-4-11-13(8-17(2)16-11)15-12-6-5-9(18-3)7-10(12)14/h5-8,15H,4,14H2,1-3H3. The first-order valence-corrected chi connectivity index (χ1v) is 5.87. The minimum absolute atomic E-state index is 0.653.